The third-order valence-corrected chi connectivity index (χ3v) is 4.05. The van der Waals surface area contributed by atoms with Crippen molar-refractivity contribution in [3.05, 3.63) is 35.4 Å². The summed E-state index contributed by atoms with van der Waals surface area (Å²) in [5, 5.41) is 0. The first kappa shape index (κ1) is 15.1. The normalized spacial score (nSPS) is 27.4. The highest BCUT2D eigenvalue weighted by Gasteiger charge is 2.32. The smallest absolute Gasteiger partial charge is 0.294 e. The zero-order valence-corrected chi connectivity index (χ0v) is 11.7. The zero-order chi connectivity index (χ0) is 14.9. The molecule has 1 aromatic rings. The third-order valence-electron chi connectivity index (χ3n) is 4.05. The molecule has 0 saturated heterocycles. The molecule has 1 aliphatic rings. The summed E-state index contributed by atoms with van der Waals surface area (Å²) in [6, 6.07) is 4.58. The van der Waals surface area contributed by atoms with Gasteiger partial charge in [0.25, 0.3) is 0 Å². The van der Waals surface area contributed by atoms with Crippen LogP contribution in [0, 0.1) is 17.8 Å². The van der Waals surface area contributed by atoms with Crippen LogP contribution in [0.1, 0.15) is 49.0 Å². The number of alkyl halides is 3. The van der Waals surface area contributed by atoms with Gasteiger partial charge in [0.2, 0.25) is 0 Å². The summed E-state index contributed by atoms with van der Waals surface area (Å²) in [7, 11) is 0. The Morgan fingerprint density at radius 1 is 1.00 bits per heavy atom. The molecule has 0 amide bonds. The van der Waals surface area contributed by atoms with Crippen LogP contribution in [0.25, 0.3) is 0 Å². The maximum Gasteiger partial charge on any atom is 0.416 e. The van der Waals surface area contributed by atoms with Crippen LogP contribution < -0.4 is 0 Å². The Bertz CT molecular complexity index is 465. The van der Waals surface area contributed by atoms with Crippen molar-refractivity contribution < 1.29 is 18.0 Å². The summed E-state index contributed by atoms with van der Waals surface area (Å²) in [4.78, 5) is 12.4. The van der Waals surface area contributed by atoms with Crippen LogP contribution in [-0.4, -0.2) is 5.78 Å². The van der Waals surface area contributed by atoms with Crippen LogP contribution in [0.4, 0.5) is 13.2 Å². The van der Waals surface area contributed by atoms with Crippen LogP contribution in [0.15, 0.2) is 24.3 Å². The van der Waals surface area contributed by atoms with Gasteiger partial charge in [-0.1, -0.05) is 26.0 Å². The molecule has 2 atom stereocenters. The van der Waals surface area contributed by atoms with E-state index in [0.29, 0.717) is 17.4 Å². The fraction of sp³-hybridized carbons (Fsp3) is 0.562. The lowest BCUT2D eigenvalue weighted by Crippen LogP contribution is -2.26. The topological polar surface area (TPSA) is 17.1 Å². The molecule has 20 heavy (non-hydrogen) atoms. The van der Waals surface area contributed by atoms with Gasteiger partial charge >= 0.3 is 6.18 Å². The molecule has 0 bridgehead atoms. The molecule has 0 heterocycles. The summed E-state index contributed by atoms with van der Waals surface area (Å²) in [5.74, 6) is 0.937. The molecule has 1 aromatic carbocycles. The third kappa shape index (κ3) is 3.41. The molecular formula is C16H19F3O. The summed E-state index contributed by atoms with van der Waals surface area (Å²) in [5.41, 5.74) is -0.316. The summed E-state index contributed by atoms with van der Waals surface area (Å²) < 4.78 is 37.5. The Morgan fingerprint density at radius 3 is 1.95 bits per heavy atom. The maximum absolute atomic E-state index is 12.5. The van der Waals surface area contributed by atoms with Crippen LogP contribution in [0.3, 0.4) is 0 Å². The van der Waals surface area contributed by atoms with E-state index in [2.05, 4.69) is 13.8 Å². The molecule has 0 aromatic heterocycles. The molecule has 2 unspecified atom stereocenters. The Morgan fingerprint density at radius 2 is 1.50 bits per heavy atom. The summed E-state index contributed by atoms with van der Waals surface area (Å²) in [6.07, 6.45) is -1.55. The fourth-order valence-corrected chi connectivity index (χ4v) is 3.22. The molecule has 0 N–H and O–H groups in total. The Kier molecular flexibility index (Phi) is 4.21. The second kappa shape index (κ2) is 5.58. The van der Waals surface area contributed by atoms with E-state index in [1.807, 2.05) is 0 Å². The summed E-state index contributed by atoms with van der Waals surface area (Å²) in [6.45, 7) is 4.26. The molecule has 1 saturated carbocycles. The van der Waals surface area contributed by atoms with Gasteiger partial charge in [0, 0.05) is 11.5 Å². The number of hydrogen-bond donors (Lipinski definition) is 0. The predicted octanol–water partition coefficient (Wildman–Crippen LogP) is 4.96. The number of carbonyl (C=O) groups is 1. The molecule has 110 valence electrons. The van der Waals surface area contributed by atoms with E-state index in [1.165, 1.54) is 12.1 Å². The van der Waals surface area contributed by atoms with Crippen molar-refractivity contribution in [2.45, 2.75) is 39.3 Å². The van der Waals surface area contributed by atoms with Crippen molar-refractivity contribution in [1.29, 1.82) is 0 Å². The van der Waals surface area contributed by atoms with Gasteiger partial charge in [0.1, 0.15) is 0 Å². The van der Waals surface area contributed by atoms with Crippen LogP contribution >= 0.6 is 0 Å². The molecule has 0 spiro atoms. The maximum atomic E-state index is 12.5. The van der Waals surface area contributed by atoms with E-state index in [0.717, 1.165) is 31.4 Å². The van der Waals surface area contributed by atoms with E-state index in [4.69, 9.17) is 0 Å². The van der Waals surface area contributed by atoms with Crippen LogP contribution in [-0.2, 0) is 6.18 Å². The molecule has 0 aliphatic heterocycles. The minimum atomic E-state index is -4.35. The first-order chi connectivity index (χ1) is 9.27. The van der Waals surface area contributed by atoms with Gasteiger partial charge in [-0.25, -0.2) is 0 Å². The van der Waals surface area contributed by atoms with Gasteiger partial charge in [0.15, 0.2) is 5.78 Å². The van der Waals surface area contributed by atoms with Gasteiger partial charge in [-0.15, -0.1) is 0 Å². The Hall–Kier alpha value is -1.32. The molecule has 1 aliphatic carbocycles. The van der Waals surface area contributed by atoms with Crippen molar-refractivity contribution in [2.24, 2.45) is 17.8 Å². The number of halogens is 3. The van der Waals surface area contributed by atoms with E-state index < -0.39 is 11.7 Å². The monoisotopic (exact) mass is 284 g/mol. The molecular weight excluding hydrogens is 265 g/mol. The largest absolute Gasteiger partial charge is 0.416 e. The van der Waals surface area contributed by atoms with Gasteiger partial charge in [-0.3, -0.25) is 4.79 Å². The van der Waals surface area contributed by atoms with Gasteiger partial charge in [-0.05, 0) is 43.2 Å². The Labute approximate surface area is 117 Å². The number of carbonyl (C=O) groups excluding carboxylic acids is 1. The van der Waals surface area contributed by atoms with Gasteiger partial charge in [0.05, 0.1) is 5.56 Å². The van der Waals surface area contributed by atoms with Crippen molar-refractivity contribution in [3.63, 3.8) is 0 Å². The molecule has 2 rings (SSSR count). The summed E-state index contributed by atoms with van der Waals surface area (Å²) >= 11 is 0. The quantitative estimate of drug-likeness (QED) is 0.701. The molecule has 1 nitrogen and oxygen atoms in total. The average Bonchev–Trinajstić information content (AvgIpc) is 2.36. The number of ketones is 1. The first-order valence-corrected chi connectivity index (χ1v) is 6.99. The van der Waals surface area contributed by atoms with Crippen LogP contribution in [0.2, 0.25) is 0 Å². The van der Waals surface area contributed by atoms with Crippen molar-refractivity contribution in [1.82, 2.24) is 0 Å². The number of hydrogen-bond acceptors (Lipinski definition) is 1. The minimum Gasteiger partial charge on any atom is -0.294 e. The second-order valence-electron chi connectivity index (χ2n) is 6.05. The lowest BCUT2D eigenvalue weighted by atomic mass is 9.74. The highest BCUT2D eigenvalue weighted by molar-refractivity contribution is 5.97. The van der Waals surface area contributed by atoms with Gasteiger partial charge in [-0.2, -0.15) is 13.2 Å². The molecule has 4 heteroatoms. The van der Waals surface area contributed by atoms with Crippen molar-refractivity contribution >= 4 is 5.78 Å². The molecule has 0 radical (unpaired) electrons. The minimum absolute atomic E-state index is 0.0166. The van der Waals surface area contributed by atoms with Gasteiger partial charge < -0.3 is 0 Å². The van der Waals surface area contributed by atoms with Crippen LogP contribution in [0.5, 0.6) is 0 Å². The Balaban J connectivity index is 2.13. The predicted molar refractivity (Wildman–Crippen MR) is 71.4 cm³/mol. The second-order valence-corrected chi connectivity index (χ2v) is 6.05. The lowest BCUT2D eigenvalue weighted by molar-refractivity contribution is -0.137. The van der Waals surface area contributed by atoms with Crippen molar-refractivity contribution in [2.75, 3.05) is 0 Å². The van der Waals surface area contributed by atoms with E-state index in [1.54, 1.807) is 0 Å². The van der Waals surface area contributed by atoms with E-state index >= 15 is 0 Å². The molecule has 1 fully saturated rings. The fourth-order valence-electron chi connectivity index (χ4n) is 3.22. The lowest BCUT2D eigenvalue weighted by Gasteiger charge is -2.30. The number of benzene rings is 1. The van der Waals surface area contributed by atoms with Crippen molar-refractivity contribution in [3.8, 4) is 0 Å². The zero-order valence-electron chi connectivity index (χ0n) is 11.7. The number of rotatable bonds is 2. The van der Waals surface area contributed by atoms with E-state index in [-0.39, 0.29) is 11.7 Å². The SMILES string of the molecule is CC1CC(C)CC(C(=O)c2ccc(C(F)(F)F)cc2)C1. The number of Topliss-reactive ketones (excluding diaryl/α,β-unsaturated/α-hetero) is 1. The highest BCUT2D eigenvalue weighted by Crippen LogP contribution is 2.35. The first-order valence-electron chi connectivity index (χ1n) is 6.99. The standard InChI is InChI=1S/C16H19F3O/c1-10-7-11(2)9-13(8-10)15(20)12-3-5-14(6-4-12)16(17,18)19/h3-6,10-11,13H,7-9H2,1-2H3. The van der Waals surface area contributed by atoms with E-state index in [9.17, 15) is 18.0 Å². The highest BCUT2D eigenvalue weighted by atomic mass is 19.4. The average molecular weight is 284 g/mol.